The summed E-state index contributed by atoms with van der Waals surface area (Å²) >= 11 is 0. The van der Waals surface area contributed by atoms with Crippen LogP contribution in [-0.4, -0.2) is 27.9 Å². The highest BCUT2D eigenvalue weighted by molar-refractivity contribution is 5.99. The molecule has 0 aliphatic heterocycles. The number of nitrogens with one attached hydrogen (secondary N) is 1. The van der Waals surface area contributed by atoms with Gasteiger partial charge in [-0.25, -0.2) is 0 Å². The van der Waals surface area contributed by atoms with Crippen molar-refractivity contribution in [3.63, 3.8) is 0 Å². The molecule has 2 fully saturated rings. The monoisotopic (exact) mass is 463 g/mol. The van der Waals surface area contributed by atoms with Crippen molar-refractivity contribution in [2.75, 3.05) is 0 Å². The Morgan fingerprint density at radius 2 is 1.65 bits per heavy atom. The maximum Gasteiger partial charge on any atom is 0.251 e. The van der Waals surface area contributed by atoms with Gasteiger partial charge in [-0.1, -0.05) is 51.8 Å². The van der Waals surface area contributed by atoms with Gasteiger partial charge < -0.3 is 15.5 Å². The molecule has 5 atom stereocenters. The number of Topliss-reactive ketones (excluding diaryl/α,β-unsaturated/α-hetero) is 1. The van der Waals surface area contributed by atoms with Crippen LogP contribution in [0.2, 0.25) is 0 Å². The lowest BCUT2D eigenvalue weighted by Gasteiger charge is -2.60. The predicted octanol–water partition coefficient (Wildman–Crippen LogP) is 5.88. The number of phenolic OH excluding ortho intramolecular Hbond substituents is 2. The maximum absolute atomic E-state index is 14.0. The van der Waals surface area contributed by atoms with Crippen LogP contribution in [0.3, 0.4) is 0 Å². The van der Waals surface area contributed by atoms with Crippen LogP contribution in [-0.2, 0) is 0 Å². The molecule has 2 aromatic carbocycles. The molecule has 5 nitrogen and oxygen atoms in total. The van der Waals surface area contributed by atoms with Gasteiger partial charge in [0.25, 0.3) is 5.91 Å². The largest absolute Gasteiger partial charge is 0.508 e. The number of hydrogen-bond acceptors (Lipinski definition) is 4. The smallest absolute Gasteiger partial charge is 0.251 e. The van der Waals surface area contributed by atoms with E-state index in [1.54, 1.807) is 0 Å². The Hall–Kier alpha value is -2.82. The summed E-state index contributed by atoms with van der Waals surface area (Å²) in [7, 11) is 0. The summed E-state index contributed by atoms with van der Waals surface area (Å²) in [5.41, 5.74) is 1.79. The minimum absolute atomic E-state index is 0.0406. The topological polar surface area (TPSA) is 86.6 Å². The number of aromatic hydroxyl groups is 2. The average Bonchev–Trinajstić information content (AvgIpc) is 2.74. The molecular weight excluding hydrogens is 426 g/mol. The number of benzene rings is 2. The van der Waals surface area contributed by atoms with Crippen molar-refractivity contribution in [3.8, 4) is 11.5 Å². The highest BCUT2D eigenvalue weighted by Crippen LogP contribution is 2.61. The Labute approximate surface area is 202 Å². The van der Waals surface area contributed by atoms with Crippen LogP contribution in [0, 0.1) is 35.5 Å². The van der Waals surface area contributed by atoms with Crippen LogP contribution in [0.4, 0.5) is 0 Å². The van der Waals surface area contributed by atoms with Crippen LogP contribution in [0.5, 0.6) is 11.5 Å². The van der Waals surface area contributed by atoms with Gasteiger partial charge in [-0.05, 0) is 73.1 Å². The zero-order valence-electron chi connectivity index (χ0n) is 20.9. The van der Waals surface area contributed by atoms with Gasteiger partial charge in [0, 0.05) is 29.2 Å². The molecule has 0 heterocycles. The van der Waals surface area contributed by atoms with Crippen molar-refractivity contribution in [1.29, 1.82) is 0 Å². The van der Waals surface area contributed by atoms with E-state index in [2.05, 4.69) is 33.0 Å². The van der Waals surface area contributed by atoms with Crippen molar-refractivity contribution < 1.29 is 19.8 Å². The van der Waals surface area contributed by atoms with Crippen LogP contribution < -0.4 is 5.32 Å². The van der Waals surface area contributed by atoms with E-state index in [4.69, 9.17) is 0 Å². The van der Waals surface area contributed by atoms with Crippen molar-refractivity contribution in [2.24, 2.45) is 28.6 Å². The first kappa shape index (κ1) is 24.3. The lowest BCUT2D eigenvalue weighted by Crippen LogP contribution is -2.60. The number of fused-ring (bicyclic) bond motifs is 1. The highest BCUT2D eigenvalue weighted by Gasteiger charge is 2.58. The van der Waals surface area contributed by atoms with E-state index < -0.39 is 0 Å². The second kappa shape index (κ2) is 8.75. The first-order chi connectivity index (χ1) is 15.9. The quantitative estimate of drug-likeness (QED) is 0.495. The molecule has 0 unspecified atom stereocenters. The number of rotatable bonds is 4. The van der Waals surface area contributed by atoms with Gasteiger partial charge in [-0.3, -0.25) is 9.59 Å². The molecule has 3 N–H and O–H groups in total. The molecule has 34 heavy (non-hydrogen) atoms. The number of amides is 1. The second-order valence-corrected chi connectivity index (χ2v) is 11.5. The molecule has 2 aromatic rings. The molecule has 0 aromatic heterocycles. The van der Waals surface area contributed by atoms with Crippen molar-refractivity contribution in [3.05, 3.63) is 59.2 Å². The van der Waals surface area contributed by atoms with Crippen LogP contribution in [0.1, 0.15) is 79.7 Å². The number of aryl methyl sites for hydroxylation is 1. The standard InChI is InChI=1S/C29H37NO4/c1-17-8-6-9-19(12-17)27(34)30-23-16-24-28(3,4)10-7-11-29(24,5)25(18(23)2)26(33)20-13-21(31)15-22(32)14-20/h6,8-9,12-15,18,23-25,31-32H,7,10-11,16H2,1-5H3,(H,30,34)/t18-,23-,24+,25-,29+/m1/s1. The Morgan fingerprint density at radius 1 is 0.971 bits per heavy atom. The maximum atomic E-state index is 14.0. The molecule has 2 aliphatic rings. The third kappa shape index (κ3) is 4.33. The van der Waals surface area contributed by atoms with Crippen molar-refractivity contribution in [2.45, 2.75) is 66.3 Å². The van der Waals surface area contributed by atoms with Crippen molar-refractivity contribution in [1.82, 2.24) is 5.32 Å². The van der Waals surface area contributed by atoms with E-state index in [0.29, 0.717) is 11.1 Å². The van der Waals surface area contributed by atoms with E-state index in [1.807, 2.05) is 31.2 Å². The molecule has 0 saturated heterocycles. The van der Waals surface area contributed by atoms with Gasteiger partial charge in [0.05, 0.1) is 0 Å². The molecule has 0 radical (unpaired) electrons. The summed E-state index contributed by atoms with van der Waals surface area (Å²) in [5.74, 6) is -0.607. The molecule has 2 saturated carbocycles. The summed E-state index contributed by atoms with van der Waals surface area (Å²) in [4.78, 5) is 27.2. The summed E-state index contributed by atoms with van der Waals surface area (Å²) < 4.78 is 0. The number of carbonyl (C=O) groups is 2. The summed E-state index contributed by atoms with van der Waals surface area (Å²) in [6.45, 7) is 10.8. The first-order valence-electron chi connectivity index (χ1n) is 12.4. The first-order valence-corrected chi connectivity index (χ1v) is 12.4. The van der Waals surface area contributed by atoms with E-state index in [-0.39, 0.29) is 57.8 Å². The van der Waals surface area contributed by atoms with Gasteiger partial charge in [-0.15, -0.1) is 0 Å². The molecular formula is C29H37NO4. The molecule has 1 amide bonds. The van der Waals surface area contributed by atoms with E-state index in [1.165, 1.54) is 18.2 Å². The SMILES string of the molecule is Cc1cccc(C(=O)N[C@@H]2C[C@H]3C(C)(C)CCC[C@]3(C)[C@@H](C(=O)c3cc(O)cc(O)c3)[C@@H]2C)c1. The molecule has 182 valence electrons. The van der Waals surface area contributed by atoms with Gasteiger partial charge in [0.1, 0.15) is 11.5 Å². The lowest BCUT2D eigenvalue weighted by atomic mass is 9.45. The Morgan fingerprint density at radius 3 is 2.29 bits per heavy atom. The molecule has 0 spiro atoms. The highest BCUT2D eigenvalue weighted by atomic mass is 16.3. The fraction of sp³-hybridized carbons (Fsp3) is 0.517. The fourth-order valence-electron chi connectivity index (χ4n) is 7.11. The zero-order chi connectivity index (χ0) is 24.8. The van der Waals surface area contributed by atoms with Gasteiger partial charge in [0.2, 0.25) is 0 Å². The third-order valence-electron chi connectivity index (χ3n) is 8.70. The predicted molar refractivity (Wildman–Crippen MR) is 133 cm³/mol. The normalized spacial score (nSPS) is 30.3. The van der Waals surface area contributed by atoms with Gasteiger partial charge in [0.15, 0.2) is 5.78 Å². The summed E-state index contributed by atoms with van der Waals surface area (Å²) in [6, 6.07) is 11.5. The van der Waals surface area contributed by atoms with Gasteiger partial charge in [-0.2, -0.15) is 0 Å². The summed E-state index contributed by atoms with van der Waals surface area (Å²) in [6.07, 6.45) is 3.93. The number of phenols is 2. The lowest BCUT2D eigenvalue weighted by molar-refractivity contribution is -0.0902. The number of ketones is 1. The number of carbonyl (C=O) groups excluding carboxylic acids is 2. The molecule has 4 rings (SSSR count). The van der Waals surface area contributed by atoms with Crippen LogP contribution in [0.25, 0.3) is 0 Å². The van der Waals surface area contributed by atoms with Gasteiger partial charge >= 0.3 is 0 Å². The second-order valence-electron chi connectivity index (χ2n) is 11.5. The number of hydrogen-bond donors (Lipinski definition) is 3. The van der Waals surface area contributed by atoms with Crippen molar-refractivity contribution >= 4 is 11.7 Å². The molecule has 5 heteroatoms. The Kier molecular flexibility index (Phi) is 6.26. The van der Waals surface area contributed by atoms with E-state index in [9.17, 15) is 19.8 Å². The Bertz CT molecular complexity index is 1090. The molecule has 0 bridgehead atoms. The van der Waals surface area contributed by atoms with Crippen LogP contribution in [0.15, 0.2) is 42.5 Å². The average molecular weight is 464 g/mol. The third-order valence-corrected chi connectivity index (χ3v) is 8.70. The molecule has 2 aliphatic carbocycles. The minimum Gasteiger partial charge on any atom is -0.508 e. The minimum atomic E-state index is -0.338. The van der Waals surface area contributed by atoms with E-state index >= 15 is 0 Å². The zero-order valence-corrected chi connectivity index (χ0v) is 20.9. The van der Waals surface area contributed by atoms with E-state index in [0.717, 1.165) is 31.2 Å². The summed E-state index contributed by atoms with van der Waals surface area (Å²) in [5, 5.41) is 23.3. The fourth-order valence-corrected chi connectivity index (χ4v) is 7.11. The Balaban J connectivity index is 1.73. The van der Waals surface area contributed by atoms with Crippen LogP contribution >= 0.6 is 0 Å².